The number of aromatic nitrogens is 3. The molecule has 0 fully saturated rings. The van der Waals surface area contributed by atoms with Crippen LogP contribution >= 0.6 is 0 Å². The summed E-state index contributed by atoms with van der Waals surface area (Å²) in [4.78, 5) is 16.3. The van der Waals surface area contributed by atoms with Crippen molar-refractivity contribution < 1.29 is 13.9 Å². The number of carbonyl (C=O) groups is 1. The van der Waals surface area contributed by atoms with Gasteiger partial charge in [-0.2, -0.15) is 5.10 Å². The second-order valence-electron chi connectivity index (χ2n) is 6.67. The van der Waals surface area contributed by atoms with Crippen LogP contribution in [0.2, 0.25) is 0 Å². The normalized spacial score (nSPS) is 10.6. The van der Waals surface area contributed by atoms with E-state index in [1.54, 1.807) is 35.3 Å². The van der Waals surface area contributed by atoms with Gasteiger partial charge in [0.15, 0.2) is 0 Å². The molecule has 1 N–H and O–H groups in total. The molecule has 0 bridgehead atoms. The molecule has 4 aromatic rings. The Bertz CT molecular complexity index is 1090. The Balaban J connectivity index is 1.29. The van der Waals surface area contributed by atoms with Crippen LogP contribution in [0.3, 0.4) is 0 Å². The number of nitrogens with zero attached hydrogens (tertiary/aromatic N) is 3. The molecular weight excluding hydrogens is 383 g/mol. The number of benzene rings is 3. The quantitative estimate of drug-likeness (QED) is 0.503. The van der Waals surface area contributed by atoms with Crippen LogP contribution in [-0.4, -0.2) is 20.7 Å². The molecule has 0 aliphatic rings. The molecular formula is C23H19FN4O2. The maximum atomic E-state index is 13.0. The van der Waals surface area contributed by atoms with Gasteiger partial charge in [-0.05, 0) is 59.7 Å². The van der Waals surface area contributed by atoms with Gasteiger partial charge in [0.25, 0.3) is 5.91 Å². The Labute approximate surface area is 173 Å². The highest BCUT2D eigenvalue weighted by Crippen LogP contribution is 2.21. The van der Waals surface area contributed by atoms with Crippen LogP contribution in [-0.2, 0) is 13.1 Å². The van der Waals surface area contributed by atoms with E-state index in [-0.39, 0.29) is 11.7 Å². The van der Waals surface area contributed by atoms with Crippen molar-refractivity contribution in [3.05, 3.63) is 108 Å². The van der Waals surface area contributed by atoms with Crippen LogP contribution < -0.4 is 10.1 Å². The number of ether oxygens (including phenoxy) is 1. The number of rotatable bonds is 7. The van der Waals surface area contributed by atoms with Crippen LogP contribution in [0.1, 0.15) is 21.5 Å². The zero-order valence-corrected chi connectivity index (χ0v) is 16.0. The van der Waals surface area contributed by atoms with Gasteiger partial charge in [-0.15, -0.1) is 0 Å². The Kier molecular flexibility index (Phi) is 5.80. The molecule has 150 valence electrons. The second-order valence-corrected chi connectivity index (χ2v) is 6.67. The molecule has 0 radical (unpaired) electrons. The smallest absolute Gasteiger partial charge is 0.251 e. The molecule has 0 unspecified atom stereocenters. The molecule has 6 nitrogen and oxygen atoms in total. The predicted octanol–water partition coefficient (Wildman–Crippen LogP) is 4.19. The van der Waals surface area contributed by atoms with Gasteiger partial charge in [0.05, 0.1) is 6.54 Å². The number of hydrogen-bond donors (Lipinski definition) is 1. The molecule has 0 aliphatic carbocycles. The first-order valence-corrected chi connectivity index (χ1v) is 9.38. The third kappa shape index (κ3) is 5.08. The predicted molar refractivity (Wildman–Crippen MR) is 110 cm³/mol. The summed E-state index contributed by atoms with van der Waals surface area (Å²) in [7, 11) is 0. The van der Waals surface area contributed by atoms with E-state index in [9.17, 15) is 9.18 Å². The molecule has 1 amide bonds. The van der Waals surface area contributed by atoms with Crippen molar-refractivity contribution in [2.75, 3.05) is 0 Å². The Morgan fingerprint density at radius 3 is 2.17 bits per heavy atom. The highest BCUT2D eigenvalue weighted by molar-refractivity contribution is 5.94. The van der Waals surface area contributed by atoms with E-state index in [1.807, 2.05) is 36.4 Å². The summed E-state index contributed by atoms with van der Waals surface area (Å²) in [6.45, 7) is 1.00. The minimum Gasteiger partial charge on any atom is -0.457 e. The largest absolute Gasteiger partial charge is 0.457 e. The summed E-state index contributed by atoms with van der Waals surface area (Å²) in [5.74, 6) is 0.747. The first-order valence-electron chi connectivity index (χ1n) is 9.38. The molecule has 0 saturated carbocycles. The maximum absolute atomic E-state index is 13.0. The Hall–Kier alpha value is -4.00. The summed E-state index contributed by atoms with van der Waals surface area (Å²) in [6, 6.07) is 20.6. The molecule has 7 heteroatoms. The highest BCUT2D eigenvalue weighted by Gasteiger charge is 2.06. The lowest BCUT2D eigenvalue weighted by atomic mass is 10.1. The minimum absolute atomic E-state index is 0.144. The van der Waals surface area contributed by atoms with E-state index >= 15 is 0 Å². The third-order valence-electron chi connectivity index (χ3n) is 4.45. The Morgan fingerprint density at radius 2 is 1.53 bits per heavy atom. The fourth-order valence-corrected chi connectivity index (χ4v) is 2.86. The zero-order valence-electron chi connectivity index (χ0n) is 16.0. The first kappa shape index (κ1) is 19.3. The third-order valence-corrected chi connectivity index (χ3v) is 4.45. The van der Waals surface area contributed by atoms with Gasteiger partial charge >= 0.3 is 0 Å². The van der Waals surface area contributed by atoms with E-state index in [0.29, 0.717) is 30.2 Å². The van der Waals surface area contributed by atoms with Crippen molar-refractivity contribution in [1.82, 2.24) is 20.1 Å². The van der Waals surface area contributed by atoms with Crippen molar-refractivity contribution in [2.24, 2.45) is 0 Å². The average Bonchev–Trinajstić information content (AvgIpc) is 3.28. The van der Waals surface area contributed by atoms with Crippen molar-refractivity contribution >= 4 is 5.91 Å². The van der Waals surface area contributed by atoms with Gasteiger partial charge in [0, 0.05) is 12.1 Å². The molecule has 1 aromatic heterocycles. The van der Waals surface area contributed by atoms with E-state index in [1.165, 1.54) is 18.5 Å². The Morgan fingerprint density at radius 1 is 0.900 bits per heavy atom. The summed E-state index contributed by atoms with van der Waals surface area (Å²) < 4.78 is 20.3. The van der Waals surface area contributed by atoms with E-state index < -0.39 is 0 Å². The molecule has 0 aliphatic heterocycles. The highest BCUT2D eigenvalue weighted by atomic mass is 19.1. The standard InChI is InChI=1S/C23H19FN4O2/c24-20-7-11-22(12-8-20)30-21-9-3-17(4-10-21)13-26-23(29)19-5-1-18(2-6-19)14-28-16-25-15-27-28/h1-12,15-16H,13-14H2,(H,26,29). The summed E-state index contributed by atoms with van der Waals surface area (Å²) in [5, 5.41) is 6.97. The van der Waals surface area contributed by atoms with Crippen LogP contribution in [0, 0.1) is 5.82 Å². The van der Waals surface area contributed by atoms with Gasteiger partial charge in [0.1, 0.15) is 30.0 Å². The van der Waals surface area contributed by atoms with Gasteiger partial charge < -0.3 is 10.1 Å². The van der Waals surface area contributed by atoms with E-state index in [4.69, 9.17) is 4.74 Å². The summed E-state index contributed by atoms with van der Waals surface area (Å²) in [5.41, 5.74) is 2.57. The second kappa shape index (κ2) is 9.00. The topological polar surface area (TPSA) is 69.0 Å². The minimum atomic E-state index is -0.307. The van der Waals surface area contributed by atoms with Gasteiger partial charge in [-0.25, -0.2) is 14.1 Å². The van der Waals surface area contributed by atoms with Crippen LogP contribution in [0.4, 0.5) is 4.39 Å². The number of nitrogens with one attached hydrogen (secondary N) is 1. The van der Waals surface area contributed by atoms with Crippen molar-refractivity contribution in [3.63, 3.8) is 0 Å². The fourth-order valence-electron chi connectivity index (χ4n) is 2.86. The number of amides is 1. The van der Waals surface area contributed by atoms with Gasteiger partial charge in [-0.3, -0.25) is 4.79 Å². The van der Waals surface area contributed by atoms with Crippen LogP contribution in [0.25, 0.3) is 0 Å². The van der Waals surface area contributed by atoms with Gasteiger partial charge in [0.2, 0.25) is 0 Å². The summed E-state index contributed by atoms with van der Waals surface area (Å²) >= 11 is 0. The average molecular weight is 402 g/mol. The number of halogens is 1. The molecule has 30 heavy (non-hydrogen) atoms. The molecule has 0 atom stereocenters. The molecule has 3 aromatic carbocycles. The monoisotopic (exact) mass is 402 g/mol. The van der Waals surface area contributed by atoms with E-state index in [2.05, 4.69) is 15.4 Å². The lowest BCUT2D eigenvalue weighted by Gasteiger charge is -2.09. The molecule has 0 saturated heterocycles. The molecule has 4 rings (SSSR count). The lowest BCUT2D eigenvalue weighted by Crippen LogP contribution is -2.22. The SMILES string of the molecule is O=C(NCc1ccc(Oc2ccc(F)cc2)cc1)c1ccc(Cn2cncn2)cc1. The van der Waals surface area contributed by atoms with Crippen LogP contribution in [0.15, 0.2) is 85.5 Å². The van der Waals surface area contributed by atoms with Crippen molar-refractivity contribution in [3.8, 4) is 11.5 Å². The van der Waals surface area contributed by atoms with Gasteiger partial charge in [-0.1, -0.05) is 24.3 Å². The lowest BCUT2D eigenvalue weighted by molar-refractivity contribution is 0.0951. The summed E-state index contributed by atoms with van der Waals surface area (Å²) in [6.07, 6.45) is 3.14. The van der Waals surface area contributed by atoms with Crippen LogP contribution in [0.5, 0.6) is 11.5 Å². The molecule has 0 spiro atoms. The molecule has 1 heterocycles. The first-order chi connectivity index (χ1) is 14.7. The number of carbonyl (C=O) groups excluding carboxylic acids is 1. The number of hydrogen-bond acceptors (Lipinski definition) is 4. The van der Waals surface area contributed by atoms with E-state index in [0.717, 1.165) is 11.1 Å². The van der Waals surface area contributed by atoms with Crippen molar-refractivity contribution in [2.45, 2.75) is 13.1 Å². The maximum Gasteiger partial charge on any atom is 0.251 e. The fraction of sp³-hybridized carbons (Fsp3) is 0.0870. The zero-order chi connectivity index (χ0) is 20.8. The van der Waals surface area contributed by atoms with Crippen molar-refractivity contribution in [1.29, 1.82) is 0 Å².